The highest BCUT2D eigenvalue weighted by Gasteiger charge is 2.18. The first-order valence-corrected chi connectivity index (χ1v) is 7.55. The minimum atomic E-state index is 1.23. The molecule has 4 rings (SSSR count). The van der Waals surface area contributed by atoms with E-state index in [1.165, 1.54) is 33.4 Å². The lowest BCUT2D eigenvalue weighted by Gasteiger charge is -2.05. The molecule has 22 heavy (non-hydrogen) atoms. The zero-order valence-electron chi connectivity index (χ0n) is 12.2. The van der Waals surface area contributed by atoms with E-state index in [0.29, 0.717) is 0 Å². The van der Waals surface area contributed by atoms with Gasteiger partial charge in [-0.3, -0.25) is 0 Å². The lowest BCUT2D eigenvalue weighted by molar-refractivity contribution is 1.55. The Morgan fingerprint density at radius 3 is 1.86 bits per heavy atom. The second-order valence-electron chi connectivity index (χ2n) is 5.48. The van der Waals surface area contributed by atoms with Crippen LogP contribution in [-0.4, -0.2) is 0 Å². The molecule has 0 nitrogen and oxygen atoms in total. The third kappa shape index (κ3) is 2.29. The minimum Gasteiger partial charge on any atom is -0.0622 e. The Morgan fingerprint density at radius 1 is 0.545 bits per heavy atom. The van der Waals surface area contributed by atoms with Crippen molar-refractivity contribution in [2.24, 2.45) is 0 Å². The van der Waals surface area contributed by atoms with E-state index >= 15 is 0 Å². The maximum Gasteiger partial charge on any atom is -0.00990 e. The van der Waals surface area contributed by atoms with E-state index in [0.717, 1.165) is 0 Å². The van der Waals surface area contributed by atoms with Crippen molar-refractivity contribution >= 4 is 17.2 Å². The Balaban J connectivity index is 1.87. The molecule has 0 bridgehead atoms. The van der Waals surface area contributed by atoms with Crippen LogP contribution in [0.3, 0.4) is 0 Å². The molecule has 3 aromatic rings. The van der Waals surface area contributed by atoms with Gasteiger partial charge in [-0.15, -0.1) is 0 Å². The van der Waals surface area contributed by atoms with Gasteiger partial charge < -0.3 is 0 Å². The molecule has 0 heterocycles. The van der Waals surface area contributed by atoms with E-state index in [9.17, 15) is 0 Å². The first kappa shape index (κ1) is 12.8. The molecule has 0 aliphatic heterocycles. The first-order valence-electron chi connectivity index (χ1n) is 7.55. The molecule has 0 radical (unpaired) electrons. The molecule has 0 spiro atoms. The van der Waals surface area contributed by atoms with Gasteiger partial charge in [0.25, 0.3) is 0 Å². The molecule has 0 atom stereocenters. The predicted molar refractivity (Wildman–Crippen MR) is 94.3 cm³/mol. The molecule has 0 N–H and O–H groups in total. The number of rotatable bonds is 2. The van der Waals surface area contributed by atoms with Crippen molar-refractivity contribution in [2.75, 3.05) is 0 Å². The van der Waals surface area contributed by atoms with Crippen LogP contribution < -0.4 is 0 Å². The summed E-state index contributed by atoms with van der Waals surface area (Å²) in [5, 5.41) is 0. The van der Waals surface area contributed by atoms with Crippen molar-refractivity contribution in [1.82, 2.24) is 0 Å². The maximum absolute atomic E-state index is 2.30. The zero-order chi connectivity index (χ0) is 14.8. The summed E-state index contributed by atoms with van der Waals surface area (Å²) in [6.45, 7) is 0. The smallest absolute Gasteiger partial charge is 0.00990 e. The van der Waals surface area contributed by atoms with Crippen molar-refractivity contribution in [2.45, 2.75) is 0 Å². The van der Waals surface area contributed by atoms with Crippen LogP contribution in [0.5, 0.6) is 0 Å². The predicted octanol–water partition coefficient (Wildman–Crippen LogP) is 5.67. The maximum atomic E-state index is 2.30. The summed E-state index contributed by atoms with van der Waals surface area (Å²) in [5.74, 6) is 0. The van der Waals surface area contributed by atoms with E-state index in [2.05, 4.69) is 97.1 Å². The molecule has 0 saturated carbocycles. The Morgan fingerprint density at radius 2 is 1.14 bits per heavy atom. The van der Waals surface area contributed by atoms with E-state index in [-0.39, 0.29) is 0 Å². The average molecular weight is 280 g/mol. The van der Waals surface area contributed by atoms with Crippen LogP contribution in [-0.2, 0) is 0 Å². The summed E-state index contributed by atoms with van der Waals surface area (Å²) < 4.78 is 0. The average Bonchev–Trinajstić information content (AvgIpc) is 2.96. The lowest BCUT2D eigenvalue weighted by atomic mass is 9.99. The molecule has 0 aromatic heterocycles. The third-order valence-electron chi connectivity index (χ3n) is 4.03. The van der Waals surface area contributed by atoms with Crippen molar-refractivity contribution in [3.63, 3.8) is 0 Å². The molecule has 0 amide bonds. The second kappa shape index (κ2) is 5.50. The van der Waals surface area contributed by atoms with Gasteiger partial charge in [0.05, 0.1) is 0 Å². The monoisotopic (exact) mass is 280 g/mol. The van der Waals surface area contributed by atoms with Gasteiger partial charge in [0, 0.05) is 0 Å². The molecule has 0 unspecified atom stereocenters. The molecule has 1 aliphatic rings. The van der Waals surface area contributed by atoms with Crippen LogP contribution in [0.15, 0.2) is 91.0 Å². The van der Waals surface area contributed by atoms with Gasteiger partial charge in [-0.05, 0) is 45.6 Å². The first-order chi connectivity index (χ1) is 10.9. The Hall–Kier alpha value is -2.86. The summed E-state index contributed by atoms with van der Waals surface area (Å²) in [6.07, 6.45) is 4.56. The molecule has 0 heteroatoms. The van der Waals surface area contributed by atoms with E-state index in [4.69, 9.17) is 0 Å². The van der Waals surface area contributed by atoms with E-state index in [1.54, 1.807) is 0 Å². The summed E-state index contributed by atoms with van der Waals surface area (Å²) in [4.78, 5) is 0. The summed E-state index contributed by atoms with van der Waals surface area (Å²) in [5.41, 5.74) is 7.71. The molecule has 3 aromatic carbocycles. The van der Waals surface area contributed by atoms with E-state index < -0.39 is 0 Å². The fraction of sp³-hybridized carbons (Fsp3) is 0. The van der Waals surface area contributed by atoms with Crippen LogP contribution in [0, 0.1) is 0 Å². The lowest BCUT2D eigenvalue weighted by Crippen LogP contribution is -1.85. The van der Waals surface area contributed by atoms with E-state index in [1.807, 2.05) is 0 Å². The highest BCUT2D eigenvalue weighted by molar-refractivity contribution is 6.05. The topological polar surface area (TPSA) is 0 Å². The SMILES string of the molecule is C1=C(c2ccccc2)c2ccccc2/C1=C\c1ccccc1. The Kier molecular flexibility index (Phi) is 3.21. The largest absolute Gasteiger partial charge is 0.0622 e. The Bertz CT molecular complexity index is 853. The summed E-state index contributed by atoms with van der Waals surface area (Å²) in [7, 11) is 0. The fourth-order valence-electron chi connectivity index (χ4n) is 2.99. The van der Waals surface area contributed by atoms with Gasteiger partial charge >= 0.3 is 0 Å². The molecular weight excluding hydrogens is 264 g/mol. The van der Waals surface area contributed by atoms with Gasteiger partial charge in [-0.1, -0.05) is 84.9 Å². The highest BCUT2D eigenvalue weighted by Crippen LogP contribution is 2.39. The zero-order valence-corrected chi connectivity index (χ0v) is 12.2. The van der Waals surface area contributed by atoms with Crippen LogP contribution in [0.1, 0.15) is 22.3 Å². The van der Waals surface area contributed by atoms with Gasteiger partial charge in [0.1, 0.15) is 0 Å². The van der Waals surface area contributed by atoms with Crippen LogP contribution in [0.4, 0.5) is 0 Å². The molecule has 0 fully saturated rings. The Labute approximate surface area is 131 Å². The fourth-order valence-corrected chi connectivity index (χ4v) is 2.99. The standard InChI is InChI=1S/C22H16/c1-3-9-17(10-4-1)15-19-16-22(18-11-5-2-6-12-18)21-14-8-7-13-20(19)21/h1-16H/b19-15-. The van der Waals surface area contributed by atoms with Crippen LogP contribution in [0.25, 0.3) is 17.2 Å². The van der Waals surface area contributed by atoms with Crippen LogP contribution in [0.2, 0.25) is 0 Å². The quantitative estimate of drug-likeness (QED) is 0.567. The third-order valence-corrected chi connectivity index (χ3v) is 4.03. The molecule has 104 valence electrons. The van der Waals surface area contributed by atoms with Crippen LogP contribution >= 0.6 is 0 Å². The van der Waals surface area contributed by atoms with Gasteiger partial charge in [-0.25, -0.2) is 0 Å². The van der Waals surface area contributed by atoms with Gasteiger partial charge in [0.15, 0.2) is 0 Å². The van der Waals surface area contributed by atoms with Crippen molar-refractivity contribution in [3.05, 3.63) is 113 Å². The number of allylic oxidation sites excluding steroid dienone is 2. The van der Waals surface area contributed by atoms with Gasteiger partial charge in [0.2, 0.25) is 0 Å². The normalized spacial score (nSPS) is 14.7. The van der Waals surface area contributed by atoms with Crippen molar-refractivity contribution in [1.29, 1.82) is 0 Å². The van der Waals surface area contributed by atoms with Crippen molar-refractivity contribution < 1.29 is 0 Å². The number of fused-ring (bicyclic) bond motifs is 1. The molecule has 1 aliphatic carbocycles. The summed E-state index contributed by atoms with van der Waals surface area (Å²) >= 11 is 0. The van der Waals surface area contributed by atoms with Gasteiger partial charge in [-0.2, -0.15) is 0 Å². The second-order valence-corrected chi connectivity index (χ2v) is 5.48. The summed E-state index contributed by atoms with van der Waals surface area (Å²) in [6, 6.07) is 29.7. The molecule has 0 saturated heterocycles. The van der Waals surface area contributed by atoms with Crippen molar-refractivity contribution in [3.8, 4) is 0 Å². The minimum absolute atomic E-state index is 1.23. The highest BCUT2D eigenvalue weighted by atomic mass is 14.2. The molecular formula is C22H16. The number of hydrogen-bond acceptors (Lipinski definition) is 0. The number of hydrogen-bond donors (Lipinski definition) is 0. The number of benzene rings is 3.